The number of allylic oxidation sites excluding steroid dienone is 1. The van der Waals surface area contributed by atoms with E-state index in [2.05, 4.69) is 0 Å². The zero-order valence-corrected chi connectivity index (χ0v) is 14.2. The van der Waals surface area contributed by atoms with E-state index < -0.39 is 0 Å². The van der Waals surface area contributed by atoms with Crippen LogP contribution in [-0.4, -0.2) is 17.0 Å². The monoisotopic (exact) mass is 325 g/mol. The molecule has 0 fully saturated rings. The van der Waals surface area contributed by atoms with Crippen molar-refractivity contribution in [2.75, 3.05) is 5.73 Å². The molecule has 126 valence electrons. The number of ketones is 1. The molecule has 24 heavy (non-hydrogen) atoms. The third kappa shape index (κ3) is 4.38. The SMILES string of the molecule is CCc1cc(C=CC(=O)c2ccc(N)cc2)c(OC(C)C)cc1O. The molecule has 0 aliphatic carbocycles. The number of carbonyl (C=O) groups is 1. The Balaban J connectivity index is 2.32. The van der Waals surface area contributed by atoms with Gasteiger partial charge in [0.2, 0.25) is 0 Å². The molecule has 0 unspecified atom stereocenters. The number of hydrogen-bond acceptors (Lipinski definition) is 4. The number of aryl methyl sites for hydroxylation is 1. The van der Waals surface area contributed by atoms with E-state index in [-0.39, 0.29) is 17.6 Å². The first-order valence-corrected chi connectivity index (χ1v) is 8.01. The molecular formula is C20H23NO3. The minimum absolute atomic E-state index is 0.0307. The van der Waals surface area contributed by atoms with E-state index in [1.807, 2.05) is 26.8 Å². The summed E-state index contributed by atoms with van der Waals surface area (Å²) in [4.78, 5) is 12.3. The lowest BCUT2D eigenvalue weighted by Gasteiger charge is -2.14. The van der Waals surface area contributed by atoms with Crippen LogP contribution in [0.25, 0.3) is 6.08 Å². The van der Waals surface area contributed by atoms with E-state index >= 15 is 0 Å². The van der Waals surface area contributed by atoms with Gasteiger partial charge in [-0.15, -0.1) is 0 Å². The van der Waals surface area contributed by atoms with Crippen LogP contribution in [0, 0.1) is 0 Å². The molecule has 0 radical (unpaired) electrons. The molecule has 0 aromatic heterocycles. The fourth-order valence-electron chi connectivity index (χ4n) is 2.31. The number of aromatic hydroxyl groups is 1. The van der Waals surface area contributed by atoms with E-state index in [1.165, 1.54) is 6.08 Å². The van der Waals surface area contributed by atoms with Gasteiger partial charge in [0.05, 0.1) is 6.10 Å². The number of anilines is 1. The average Bonchev–Trinajstić information content (AvgIpc) is 2.54. The van der Waals surface area contributed by atoms with Crippen LogP contribution >= 0.6 is 0 Å². The number of ether oxygens (including phenoxy) is 1. The summed E-state index contributed by atoms with van der Waals surface area (Å²) in [7, 11) is 0. The lowest BCUT2D eigenvalue weighted by Crippen LogP contribution is -2.07. The number of carbonyl (C=O) groups excluding carboxylic acids is 1. The van der Waals surface area contributed by atoms with Crippen molar-refractivity contribution in [2.24, 2.45) is 0 Å². The van der Waals surface area contributed by atoms with Crippen LogP contribution in [0.15, 0.2) is 42.5 Å². The summed E-state index contributed by atoms with van der Waals surface area (Å²) in [5.41, 5.74) is 8.40. The normalized spacial score (nSPS) is 11.2. The lowest BCUT2D eigenvalue weighted by atomic mass is 10.0. The molecule has 4 heteroatoms. The second-order valence-corrected chi connectivity index (χ2v) is 5.86. The van der Waals surface area contributed by atoms with Crippen LogP contribution in [-0.2, 0) is 6.42 Å². The highest BCUT2D eigenvalue weighted by atomic mass is 16.5. The fourth-order valence-corrected chi connectivity index (χ4v) is 2.31. The third-order valence-electron chi connectivity index (χ3n) is 3.56. The number of phenolic OH excluding ortho intramolecular Hbond substituents is 1. The summed E-state index contributed by atoms with van der Waals surface area (Å²) >= 11 is 0. The largest absolute Gasteiger partial charge is 0.508 e. The van der Waals surface area contributed by atoms with Gasteiger partial charge in [-0.1, -0.05) is 6.92 Å². The van der Waals surface area contributed by atoms with Crippen LogP contribution in [0.3, 0.4) is 0 Å². The molecule has 0 bridgehead atoms. The number of nitrogen functional groups attached to an aromatic ring is 1. The summed E-state index contributed by atoms with van der Waals surface area (Å²) in [6, 6.07) is 10.2. The maximum atomic E-state index is 12.3. The summed E-state index contributed by atoms with van der Waals surface area (Å²) in [6.45, 7) is 5.79. The van der Waals surface area contributed by atoms with Gasteiger partial charge in [0.15, 0.2) is 5.78 Å². The zero-order chi connectivity index (χ0) is 17.7. The molecule has 0 heterocycles. The summed E-state index contributed by atoms with van der Waals surface area (Å²) < 4.78 is 5.74. The van der Waals surface area contributed by atoms with Gasteiger partial charge in [0, 0.05) is 22.9 Å². The Hall–Kier alpha value is -2.75. The molecule has 0 amide bonds. The Bertz CT molecular complexity index is 746. The van der Waals surface area contributed by atoms with Gasteiger partial charge in [0.25, 0.3) is 0 Å². The first kappa shape index (κ1) is 17.6. The molecule has 0 saturated heterocycles. The van der Waals surface area contributed by atoms with E-state index in [0.717, 1.165) is 11.1 Å². The van der Waals surface area contributed by atoms with Crippen molar-refractivity contribution in [3.63, 3.8) is 0 Å². The van der Waals surface area contributed by atoms with Crippen molar-refractivity contribution in [2.45, 2.75) is 33.3 Å². The van der Waals surface area contributed by atoms with E-state index in [9.17, 15) is 9.90 Å². The molecule has 0 aliphatic rings. The molecule has 3 N–H and O–H groups in total. The molecule has 2 rings (SSSR count). The third-order valence-corrected chi connectivity index (χ3v) is 3.56. The van der Waals surface area contributed by atoms with Gasteiger partial charge >= 0.3 is 0 Å². The van der Waals surface area contributed by atoms with Crippen molar-refractivity contribution >= 4 is 17.5 Å². The smallest absolute Gasteiger partial charge is 0.185 e. The van der Waals surface area contributed by atoms with Crippen molar-refractivity contribution in [1.29, 1.82) is 0 Å². The number of rotatable bonds is 6. The van der Waals surface area contributed by atoms with Gasteiger partial charge in [0.1, 0.15) is 11.5 Å². The second-order valence-electron chi connectivity index (χ2n) is 5.86. The van der Waals surface area contributed by atoms with Gasteiger partial charge in [-0.2, -0.15) is 0 Å². The molecule has 0 saturated carbocycles. The first-order chi connectivity index (χ1) is 11.4. The highest BCUT2D eigenvalue weighted by Crippen LogP contribution is 2.30. The second kappa shape index (κ2) is 7.68. The predicted molar refractivity (Wildman–Crippen MR) is 97.5 cm³/mol. The van der Waals surface area contributed by atoms with E-state index in [4.69, 9.17) is 10.5 Å². The Morgan fingerprint density at radius 1 is 1.25 bits per heavy atom. The van der Waals surface area contributed by atoms with Crippen molar-refractivity contribution < 1.29 is 14.6 Å². The topological polar surface area (TPSA) is 72.6 Å². The molecule has 4 nitrogen and oxygen atoms in total. The number of nitrogens with two attached hydrogens (primary N) is 1. The highest BCUT2D eigenvalue weighted by Gasteiger charge is 2.10. The maximum Gasteiger partial charge on any atom is 0.185 e. The lowest BCUT2D eigenvalue weighted by molar-refractivity contribution is 0.104. The van der Waals surface area contributed by atoms with Crippen LogP contribution in [0.5, 0.6) is 11.5 Å². The van der Waals surface area contributed by atoms with Crippen LogP contribution in [0.1, 0.15) is 42.3 Å². The van der Waals surface area contributed by atoms with Gasteiger partial charge in [-0.3, -0.25) is 4.79 Å². The molecule has 2 aromatic carbocycles. The first-order valence-electron chi connectivity index (χ1n) is 8.01. The fraction of sp³-hybridized carbons (Fsp3) is 0.250. The Morgan fingerprint density at radius 3 is 2.50 bits per heavy atom. The molecule has 0 atom stereocenters. The Kier molecular flexibility index (Phi) is 5.64. The molecule has 2 aromatic rings. The minimum Gasteiger partial charge on any atom is -0.508 e. The average molecular weight is 325 g/mol. The zero-order valence-electron chi connectivity index (χ0n) is 14.2. The van der Waals surface area contributed by atoms with Crippen molar-refractivity contribution in [3.8, 4) is 11.5 Å². The highest BCUT2D eigenvalue weighted by molar-refractivity contribution is 6.07. The summed E-state index contributed by atoms with van der Waals surface area (Å²) in [5.74, 6) is 0.646. The molecule has 0 spiro atoms. The maximum absolute atomic E-state index is 12.3. The number of benzene rings is 2. The summed E-state index contributed by atoms with van der Waals surface area (Å²) in [6.07, 6.45) is 3.89. The van der Waals surface area contributed by atoms with Crippen LogP contribution < -0.4 is 10.5 Å². The van der Waals surface area contributed by atoms with Gasteiger partial charge in [-0.25, -0.2) is 0 Å². The Morgan fingerprint density at radius 2 is 1.92 bits per heavy atom. The summed E-state index contributed by atoms with van der Waals surface area (Å²) in [5, 5.41) is 10.0. The van der Waals surface area contributed by atoms with Crippen molar-refractivity contribution in [1.82, 2.24) is 0 Å². The molecule has 0 aliphatic heterocycles. The van der Waals surface area contributed by atoms with Gasteiger partial charge in [-0.05, 0) is 68.3 Å². The standard InChI is InChI=1S/C20H23NO3/c1-4-14-11-16(20(12-19(14)23)24-13(2)3)7-10-18(22)15-5-8-17(21)9-6-15/h5-13,23H,4,21H2,1-3H3. The Labute approximate surface area is 142 Å². The molecular weight excluding hydrogens is 302 g/mol. The van der Waals surface area contributed by atoms with Crippen LogP contribution in [0.4, 0.5) is 5.69 Å². The number of phenols is 1. The quantitative estimate of drug-likeness (QED) is 0.474. The number of hydrogen-bond donors (Lipinski definition) is 2. The van der Waals surface area contributed by atoms with Crippen molar-refractivity contribution in [3.05, 3.63) is 59.2 Å². The van der Waals surface area contributed by atoms with E-state index in [1.54, 1.807) is 36.4 Å². The minimum atomic E-state index is -0.114. The van der Waals surface area contributed by atoms with Gasteiger partial charge < -0.3 is 15.6 Å². The predicted octanol–water partition coefficient (Wildman–Crippen LogP) is 4.22. The van der Waals surface area contributed by atoms with Crippen LogP contribution in [0.2, 0.25) is 0 Å². The van der Waals surface area contributed by atoms with E-state index in [0.29, 0.717) is 23.4 Å².